The van der Waals surface area contributed by atoms with Gasteiger partial charge in [-0.3, -0.25) is 4.79 Å². The summed E-state index contributed by atoms with van der Waals surface area (Å²) in [6.07, 6.45) is 1.56. The Hall–Kier alpha value is -2.33. The van der Waals surface area contributed by atoms with Gasteiger partial charge < -0.3 is 9.72 Å². The van der Waals surface area contributed by atoms with Crippen molar-refractivity contribution >= 4 is 28.3 Å². The number of carbonyl (C=O) groups excluding carboxylic acids is 1. The van der Waals surface area contributed by atoms with E-state index in [1.807, 2.05) is 0 Å². The molecule has 0 unspecified atom stereocenters. The molecule has 0 bridgehead atoms. The van der Waals surface area contributed by atoms with Crippen LogP contribution in [0.15, 0.2) is 42.6 Å². The molecule has 3 rings (SSSR count). The van der Waals surface area contributed by atoms with Gasteiger partial charge in [-0.15, -0.1) is 0 Å². The molecule has 0 spiro atoms. The van der Waals surface area contributed by atoms with Gasteiger partial charge >= 0.3 is 0 Å². The van der Waals surface area contributed by atoms with Crippen molar-refractivity contribution in [2.45, 2.75) is 0 Å². The molecule has 1 aromatic heterocycles. The van der Waals surface area contributed by atoms with Crippen molar-refractivity contribution < 1.29 is 13.9 Å². The number of nitrogens with one attached hydrogen (secondary N) is 1. The lowest BCUT2D eigenvalue weighted by atomic mass is 10.0. The van der Waals surface area contributed by atoms with Gasteiger partial charge in [-0.05, 0) is 36.4 Å². The van der Waals surface area contributed by atoms with Crippen molar-refractivity contribution in [3.05, 3.63) is 64.6 Å². The van der Waals surface area contributed by atoms with Crippen LogP contribution >= 0.6 is 11.6 Å². The molecule has 5 heteroatoms. The predicted molar refractivity (Wildman–Crippen MR) is 79.7 cm³/mol. The first-order chi connectivity index (χ1) is 10.1. The van der Waals surface area contributed by atoms with E-state index in [9.17, 15) is 9.18 Å². The first kappa shape index (κ1) is 13.6. The highest BCUT2D eigenvalue weighted by Gasteiger charge is 2.18. The number of aromatic amines is 1. The third-order valence-electron chi connectivity index (χ3n) is 3.29. The highest BCUT2D eigenvalue weighted by atomic mass is 35.5. The Balaban J connectivity index is 2.17. The fourth-order valence-corrected chi connectivity index (χ4v) is 2.46. The van der Waals surface area contributed by atoms with Crippen molar-refractivity contribution in [3.63, 3.8) is 0 Å². The Morgan fingerprint density at radius 2 is 2.00 bits per heavy atom. The largest absolute Gasteiger partial charge is 0.496 e. The molecule has 0 radical (unpaired) electrons. The number of ketones is 1. The molecule has 1 N–H and O–H groups in total. The summed E-state index contributed by atoms with van der Waals surface area (Å²) >= 11 is 5.95. The molecule has 3 nitrogen and oxygen atoms in total. The van der Waals surface area contributed by atoms with Crippen molar-refractivity contribution in [2.75, 3.05) is 7.11 Å². The van der Waals surface area contributed by atoms with E-state index < -0.39 is 5.82 Å². The molecule has 0 fully saturated rings. The lowest BCUT2D eigenvalue weighted by molar-refractivity contribution is 0.103. The number of benzene rings is 2. The number of aromatic nitrogens is 1. The van der Waals surface area contributed by atoms with E-state index >= 15 is 0 Å². The fraction of sp³-hybridized carbons (Fsp3) is 0.0625. The number of hydrogen-bond acceptors (Lipinski definition) is 2. The van der Waals surface area contributed by atoms with E-state index in [1.54, 1.807) is 30.5 Å². The van der Waals surface area contributed by atoms with Gasteiger partial charge in [0.25, 0.3) is 0 Å². The van der Waals surface area contributed by atoms with Crippen LogP contribution in [0.1, 0.15) is 15.9 Å². The van der Waals surface area contributed by atoms with Crippen LogP contribution in [0, 0.1) is 5.82 Å². The van der Waals surface area contributed by atoms with Gasteiger partial charge in [0.2, 0.25) is 0 Å². The van der Waals surface area contributed by atoms with Crippen LogP contribution in [0.3, 0.4) is 0 Å². The van der Waals surface area contributed by atoms with Gasteiger partial charge in [0.05, 0.1) is 12.7 Å². The molecule has 2 aromatic carbocycles. The molecular formula is C16H11ClFNO2. The second-order valence-electron chi connectivity index (χ2n) is 4.57. The minimum absolute atomic E-state index is 0.272. The summed E-state index contributed by atoms with van der Waals surface area (Å²) in [5, 5.41) is 0.965. The SMILES string of the molecule is COc1ccc(Cl)cc1C(=O)c1c[nH]c2ccc(F)cc12. The van der Waals surface area contributed by atoms with E-state index in [-0.39, 0.29) is 5.78 Å². The minimum Gasteiger partial charge on any atom is -0.496 e. The molecular weight excluding hydrogens is 293 g/mol. The van der Waals surface area contributed by atoms with E-state index in [2.05, 4.69) is 4.98 Å². The van der Waals surface area contributed by atoms with Gasteiger partial charge in [-0.2, -0.15) is 0 Å². The van der Waals surface area contributed by atoms with Gasteiger partial charge in [0.1, 0.15) is 11.6 Å². The average molecular weight is 304 g/mol. The van der Waals surface area contributed by atoms with Crippen molar-refractivity contribution in [2.24, 2.45) is 0 Å². The number of carbonyl (C=O) groups is 1. The second kappa shape index (κ2) is 5.22. The molecule has 0 saturated heterocycles. The fourth-order valence-electron chi connectivity index (χ4n) is 2.28. The predicted octanol–water partition coefficient (Wildman–Crippen LogP) is 4.20. The van der Waals surface area contributed by atoms with Crippen molar-refractivity contribution in [1.29, 1.82) is 0 Å². The Morgan fingerprint density at radius 1 is 1.19 bits per heavy atom. The monoisotopic (exact) mass is 303 g/mol. The Bertz CT molecular complexity index is 841. The van der Waals surface area contributed by atoms with Gasteiger partial charge in [-0.1, -0.05) is 11.6 Å². The first-order valence-electron chi connectivity index (χ1n) is 6.25. The summed E-state index contributed by atoms with van der Waals surface area (Å²) in [6, 6.07) is 9.08. The second-order valence-corrected chi connectivity index (χ2v) is 5.00. The third-order valence-corrected chi connectivity index (χ3v) is 3.53. The molecule has 0 amide bonds. The Labute approximate surface area is 125 Å². The summed E-state index contributed by atoms with van der Waals surface area (Å²) in [5.41, 5.74) is 1.42. The number of halogens is 2. The summed E-state index contributed by atoms with van der Waals surface area (Å²) in [4.78, 5) is 15.6. The average Bonchev–Trinajstić information content (AvgIpc) is 2.89. The first-order valence-corrected chi connectivity index (χ1v) is 6.63. The summed E-state index contributed by atoms with van der Waals surface area (Å²) in [5.74, 6) is -0.240. The molecule has 0 aliphatic rings. The lowest BCUT2D eigenvalue weighted by Gasteiger charge is -2.07. The Kier molecular flexibility index (Phi) is 3.39. The molecule has 1 heterocycles. The highest BCUT2D eigenvalue weighted by molar-refractivity contribution is 6.31. The summed E-state index contributed by atoms with van der Waals surface area (Å²) < 4.78 is 18.6. The Morgan fingerprint density at radius 3 is 2.76 bits per heavy atom. The number of hydrogen-bond donors (Lipinski definition) is 1. The number of ether oxygens (including phenoxy) is 1. The quantitative estimate of drug-likeness (QED) is 0.737. The van der Waals surface area contributed by atoms with Gasteiger partial charge in [0.15, 0.2) is 5.78 Å². The smallest absolute Gasteiger partial charge is 0.198 e. The van der Waals surface area contributed by atoms with Crippen molar-refractivity contribution in [1.82, 2.24) is 4.98 Å². The van der Waals surface area contributed by atoms with Crippen LogP contribution < -0.4 is 4.74 Å². The molecule has 21 heavy (non-hydrogen) atoms. The molecule has 0 saturated carbocycles. The maximum absolute atomic E-state index is 13.4. The minimum atomic E-state index is -0.394. The van der Waals surface area contributed by atoms with Gasteiger partial charge in [-0.25, -0.2) is 4.39 Å². The van der Waals surface area contributed by atoms with E-state index in [4.69, 9.17) is 16.3 Å². The lowest BCUT2D eigenvalue weighted by Crippen LogP contribution is -2.03. The number of methoxy groups -OCH3 is 1. The van der Waals surface area contributed by atoms with E-state index in [1.165, 1.54) is 19.2 Å². The van der Waals surface area contributed by atoms with E-state index in [0.29, 0.717) is 32.8 Å². The zero-order valence-corrected chi connectivity index (χ0v) is 11.9. The molecule has 106 valence electrons. The van der Waals surface area contributed by atoms with Crippen LogP contribution in [-0.4, -0.2) is 17.9 Å². The summed E-state index contributed by atoms with van der Waals surface area (Å²) in [6.45, 7) is 0. The zero-order valence-electron chi connectivity index (χ0n) is 11.1. The molecule has 3 aromatic rings. The van der Waals surface area contributed by atoms with Gasteiger partial charge in [0, 0.05) is 27.7 Å². The molecule has 0 aliphatic heterocycles. The third kappa shape index (κ3) is 2.38. The van der Waals surface area contributed by atoms with Crippen LogP contribution in [-0.2, 0) is 0 Å². The van der Waals surface area contributed by atoms with Crippen LogP contribution in [0.5, 0.6) is 5.75 Å². The van der Waals surface area contributed by atoms with Crippen molar-refractivity contribution in [3.8, 4) is 5.75 Å². The normalized spacial score (nSPS) is 10.8. The number of rotatable bonds is 3. The summed E-state index contributed by atoms with van der Waals surface area (Å²) in [7, 11) is 1.48. The molecule has 0 aliphatic carbocycles. The number of fused-ring (bicyclic) bond motifs is 1. The zero-order chi connectivity index (χ0) is 15.0. The standard InChI is InChI=1S/C16H11ClFNO2/c1-21-15-5-2-9(17)6-12(15)16(20)13-8-19-14-4-3-10(18)7-11(13)14/h2-8,19H,1H3. The maximum atomic E-state index is 13.4. The maximum Gasteiger partial charge on any atom is 0.198 e. The van der Waals surface area contributed by atoms with E-state index in [0.717, 1.165) is 0 Å². The van der Waals surface area contributed by atoms with Crippen LogP contribution in [0.4, 0.5) is 4.39 Å². The van der Waals surface area contributed by atoms with Crippen LogP contribution in [0.2, 0.25) is 5.02 Å². The van der Waals surface area contributed by atoms with Crippen LogP contribution in [0.25, 0.3) is 10.9 Å². The molecule has 0 atom stereocenters. The highest BCUT2D eigenvalue weighted by Crippen LogP contribution is 2.28. The topological polar surface area (TPSA) is 42.1 Å². The number of H-pyrrole nitrogens is 1.